The summed E-state index contributed by atoms with van der Waals surface area (Å²) in [5, 5.41) is 4.45. The van der Waals surface area contributed by atoms with Crippen molar-refractivity contribution in [2.24, 2.45) is 5.10 Å². The van der Waals surface area contributed by atoms with Gasteiger partial charge in [-0.05, 0) is 36.8 Å². The topological polar surface area (TPSA) is 97.3 Å². The summed E-state index contributed by atoms with van der Waals surface area (Å²) < 4.78 is 37.3. The Labute approximate surface area is 180 Å². The van der Waals surface area contributed by atoms with Gasteiger partial charge in [0.15, 0.2) is 6.61 Å². The molecule has 0 unspecified atom stereocenters. The number of amides is 1. The summed E-state index contributed by atoms with van der Waals surface area (Å²) in [6.07, 6.45) is 0. The number of hydrazone groups is 1. The fraction of sp³-hybridized carbons (Fsp3) is 0.300. The number of carbonyl (C=O) groups excluding carboxylic acids is 1. The standard InChI is InChI=1S/C20H22ClN3O5S/c1-15(22-23-20(25)14-29-19-5-3-2-4-18(19)21)16-6-8-17(9-7-16)30(26,27)24-10-12-28-13-11-24/h2-9H,10-14H2,1H3,(H,23,25)/b22-15+. The van der Waals surface area contributed by atoms with Gasteiger partial charge in [-0.15, -0.1) is 0 Å². The molecule has 0 radical (unpaired) electrons. The molecule has 2 aromatic carbocycles. The SMILES string of the molecule is C/C(=N\NC(=O)COc1ccccc1Cl)c1ccc(S(=O)(=O)N2CCOCC2)cc1. The molecule has 1 saturated heterocycles. The molecule has 0 spiro atoms. The first kappa shape index (κ1) is 22.2. The van der Waals surface area contributed by atoms with Crippen molar-refractivity contribution >= 4 is 33.2 Å². The monoisotopic (exact) mass is 451 g/mol. The highest BCUT2D eigenvalue weighted by molar-refractivity contribution is 7.89. The maximum absolute atomic E-state index is 12.7. The van der Waals surface area contributed by atoms with Crippen LogP contribution in [0.3, 0.4) is 0 Å². The molecule has 1 fully saturated rings. The second kappa shape index (κ2) is 10.0. The van der Waals surface area contributed by atoms with Crippen LogP contribution in [0.2, 0.25) is 5.02 Å². The van der Waals surface area contributed by atoms with E-state index in [1.165, 1.54) is 16.4 Å². The number of carbonyl (C=O) groups is 1. The van der Waals surface area contributed by atoms with Crippen LogP contribution in [-0.2, 0) is 19.6 Å². The van der Waals surface area contributed by atoms with E-state index in [1.807, 2.05) is 0 Å². The Morgan fingerprint density at radius 3 is 2.50 bits per heavy atom. The quantitative estimate of drug-likeness (QED) is 0.514. The second-order valence-electron chi connectivity index (χ2n) is 6.49. The van der Waals surface area contributed by atoms with Crippen molar-refractivity contribution < 1.29 is 22.7 Å². The average Bonchev–Trinajstić information content (AvgIpc) is 2.77. The lowest BCUT2D eigenvalue weighted by Crippen LogP contribution is -2.40. The molecular weight excluding hydrogens is 430 g/mol. The Balaban J connectivity index is 1.58. The molecule has 1 aliphatic rings. The van der Waals surface area contributed by atoms with Gasteiger partial charge in [0, 0.05) is 13.1 Å². The Morgan fingerprint density at radius 2 is 1.83 bits per heavy atom. The normalized spacial score (nSPS) is 15.6. The maximum Gasteiger partial charge on any atom is 0.277 e. The zero-order valence-electron chi connectivity index (χ0n) is 16.4. The molecule has 8 nitrogen and oxygen atoms in total. The van der Waals surface area contributed by atoms with Crippen LogP contribution in [0, 0.1) is 0 Å². The average molecular weight is 452 g/mol. The summed E-state index contributed by atoms with van der Waals surface area (Å²) >= 11 is 5.97. The highest BCUT2D eigenvalue weighted by atomic mass is 35.5. The second-order valence-corrected chi connectivity index (χ2v) is 8.84. The zero-order valence-corrected chi connectivity index (χ0v) is 17.9. The molecule has 2 aromatic rings. The number of ether oxygens (including phenoxy) is 2. The van der Waals surface area contributed by atoms with Crippen LogP contribution >= 0.6 is 11.6 Å². The minimum atomic E-state index is -3.55. The zero-order chi connectivity index (χ0) is 21.6. The highest BCUT2D eigenvalue weighted by Crippen LogP contribution is 2.22. The summed E-state index contributed by atoms with van der Waals surface area (Å²) in [7, 11) is -3.55. The first-order chi connectivity index (χ1) is 14.4. The number of nitrogens with one attached hydrogen (secondary N) is 1. The third-order valence-corrected chi connectivity index (χ3v) is 6.65. The van der Waals surface area contributed by atoms with E-state index in [0.29, 0.717) is 48.4 Å². The van der Waals surface area contributed by atoms with E-state index in [9.17, 15) is 13.2 Å². The Morgan fingerprint density at radius 1 is 1.17 bits per heavy atom. The van der Waals surface area contributed by atoms with Crippen molar-refractivity contribution in [2.45, 2.75) is 11.8 Å². The number of para-hydroxylation sites is 1. The summed E-state index contributed by atoms with van der Waals surface area (Å²) in [6.45, 7) is 2.93. The molecule has 0 bridgehead atoms. The van der Waals surface area contributed by atoms with E-state index >= 15 is 0 Å². The van der Waals surface area contributed by atoms with Gasteiger partial charge in [-0.3, -0.25) is 4.79 Å². The molecule has 160 valence electrons. The lowest BCUT2D eigenvalue weighted by molar-refractivity contribution is -0.123. The number of nitrogens with zero attached hydrogens (tertiary/aromatic N) is 2. The van der Waals surface area contributed by atoms with E-state index in [1.54, 1.807) is 43.3 Å². The van der Waals surface area contributed by atoms with Crippen LogP contribution in [0.15, 0.2) is 58.5 Å². The van der Waals surface area contributed by atoms with Crippen molar-refractivity contribution in [2.75, 3.05) is 32.9 Å². The number of benzene rings is 2. The first-order valence-electron chi connectivity index (χ1n) is 9.27. The number of morpholine rings is 1. The van der Waals surface area contributed by atoms with Gasteiger partial charge in [-0.25, -0.2) is 13.8 Å². The Kier molecular flexibility index (Phi) is 7.43. The van der Waals surface area contributed by atoms with Crippen molar-refractivity contribution in [1.82, 2.24) is 9.73 Å². The van der Waals surface area contributed by atoms with Crippen LogP contribution in [0.1, 0.15) is 12.5 Å². The summed E-state index contributed by atoms with van der Waals surface area (Å²) in [5.41, 5.74) is 3.62. The molecule has 30 heavy (non-hydrogen) atoms. The van der Waals surface area contributed by atoms with E-state index in [-0.39, 0.29) is 11.5 Å². The van der Waals surface area contributed by atoms with Crippen LogP contribution in [0.4, 0.5) is 0 Å². The van der Waals surface area contributed by atoms with Crippen molar-refractivity contribution in [3.8, 4) is 5.75 Å². The van der Waals surface area contributed by atoms with E-state index in [2.05, 4.69) is 10.5 Å². The Bertz CT molecular complexity index is 1020. The molecule has 1 N–H and O–H groups in total. The smallest absolute Gasteiger partial charge is 0.277 e. The molecule has 0 atom stereocenters. The molecule has 10 heteroatoms. The van der Waals surface area contributed by atoms with E-state index in [4.69, 9.17) is 21.1 Å². The third kappa shape index (κ3) is 5.57. The maximum atomic E-state index is 12.7. The number of hydrogen-bond donors (Lipinski definition) is 1. The summed E-state index contributed by atoms with van der Waals surface area (Å²) in [5.74, 6) is -0.0344. The van der Waals surface area contributed by atoms with Gasteiger partial charge >= 0.3 is 0 Å². The molecule has 1 heterocycles. The van der Waals surface area contributed by atoms with Crippen LogP contribution < -0.4 is 10.2 Å². The van der Waals surface area contributed by atoms with Crippen LogP contribution in [0.5, 0.6) is 5.75 Å². The predicted octanol–water partition coefficient (Wildman–Crippen LogP) is 2.28. The molecule has 1 amide bonds. The largest absolute Gasteiger partial charge is 0.482 e. The fourth-order valence-electron chi connectivity index (χ4n) is 2.75. The minimum absolute atomic E-state index is 0.207. The highest BCUT2D eigenvalue weighted by Gasteiger charge is 2.26. The molecule has 3 rings (SSSR count). The number of rotatable bonds is 7. The minimum Gasteiger partial charge on any atom is -0.482 e. The lowest BCUT2D eigenvalue weighted by atomic mass is 10.1. The first-order valence-corrected chi connectivity index (χ1v) is 11.1. The van der Waals surface area contributed by atoms with Gasteiger partial charge in [0.25, 0.3) is 5.91 Å². The van der Waals surface area contributed by atoms with Crippen molar-refractivity contribution in [3.63, 3.8) is 0 Å². The number of halogens is 1. The van der Waals surface area contributed by atoms with Crippen LogP contribution in [0.25, 0.3) is 0 Å². The molecule has 1 aliphatic heterocycles. The van der Waals surface area contributed by atoms with E-state index < -0.39 is 15.9 Å². The fourth-order valence-corrected chi connectivity index (χ4v) is 4.35. The van der Waals surface area contributed by atoms with Gasteiger partial charge in [-0.1, -0.05) is 35.9 Å². The number of hydrogen-bond acceptors (Lipinski definition) is 6. The van der Waals surface area contributed by atoms with Gasteiger partial charge in [0.05, 0.1) is 28.8 Å². The third-order valence-electron chi connectivity index (χ3n) is 4.42. The van der Waals surface area contributed by atoms with Crippen LogP contribution in [-0.4, -0.2) is 57.3 Å². The van der Waals surface area contributed by atoms with Gasteiger partial charge in [-0.2, -0.15) is 9.41 Å². The van der Waals surface area contributed by atoms with Gasteiger partial charge in [0.1, 0.15) is 5.75 Å². The van der Waals surface area contributed by atoms with Gasteiger partial charge < -0.3 is 9.47 Å². The lowest BCUT2D eigenvalue weighted by Gasteiger charge is -2.26. The molecule has 0 aromatic heterocycles. The molecule has 0 aliphatic carbocycles. The summed E-state index contributed by atoms with van der Waals surface area (Å²) in [6, 6.07) is 13.2. The molecular formula is C20H22ClN3O5S. The summed E-state index contributed by atoms with van der Waals surface area (Å²) in [4.78, 5) is 12.1. The van der Waals surface area contributed by atoms with Crippen molar-refractivity contribution in [1.29, 1.82) is 0 Å². The number of sulfonamides is 1. The predicted molar refractivity (Wildman–Crippen MR) is 113 cm³/mol. The van der Waals surface area contributed by atoms with E-state index in [0.717, 1.165) is 0 Å². The molecule has 0 saturated carbocycles. The van der Waals surface area contributed by atoms with Gasteiger partial charge in [0.2, 0.25) is 10.0 Å². The Hall–Kier alpha value is -2.46. The van der Waals surface area contributed by atoms with Crippen molar-refractivity contribution in [3.05, 3.63) is 59.1 Å².